The van der Waals surface area contributed by atoms with Crippen LogP contribution in [0.5, 0.6) is 0 Å². The van der Waals surface area contributed by atoms with Gasteiger partial charge in [-0.15, -0.1) is 6.42 Å². The lowest BCUT2D eigenvalue weighted by Crippen LogP contribution is -2.34. The smallest absolute Gasteiger partial charge is 0.123 e. The molecule has 3 nitrogen and oxygen atoms in total. The summed E-state index contributed by atoms with van der Waals surface area (Å²) in [7, 11) is 0. The summed E-state index contributed by atoms with van der Waals surface area (Å²) in [4.78, 5) is 2.11. The molecule has 1 N–H and O–H groups in total. The van der Waals surface area contributed by atoms with E-state index in [9.17, 15) is 9.50 Å². The molecule has 2 rings (SSSR count). The number of terminal acetylenes is 1. The summed E-state index contributed by atoms with van der Waals surface area (Å²) in [6.07, 6.45) is 4.50. The molecule has 0 fully saturated rings. The van der Waals surface area contributed by atoms with E-state index in [2.05, 4.69) is 22.3 Å². The van der Waals surface area contributed by atoms with Crippen molar-refractivity contribution in [2.24, 2.45) is 0 Å². The Kier molecular flexibility index (Phi) is 7.24. The first kappa shape index (κ1) is 17.6. The fourth-order valence-corrected chi connectivity index (χ4v) is 2.94. The Morgan fingerprint density at radius 3 is 2.61 bits per heavy atom. The van der Waals surface area contributed by atoms with E-state index in [0.29, 0.717) is 19.6 Å². The molecule has 0 aliphatic rings. The lowest BCUT2D eigenvalue weighted by atomic mass is 10.2. The van der Waals surface area contributed by atoms with Crippen LogP contribution in [-0.2, 0) is 17.8 Å². The number of nitrogens with zero attached hydrogens (tertiary/aromatic N) is 1. The normalized spacial score (nSPS) is 12.3. The number of ether oxygens (including phenoxy) is 1. The van der Waals surface area contributed by atoms with Crippen molar-refractivity contribution >= 4 is 11.3 Å². The van der Waals surface area contributed by atoms with Crippen LogP contribution in [0.15, 0.2) is 41.1 Å². The molecule has 1 aromatic heterocycles. The minimum atomic E-state index is -0.623. The van der Waals surface area contributed by atoms with E-state index in [0.717, 1.165) is 5.56 Å². The van der Waals surface area contributed by atoms with E-state index in [1.54, 1.807) is 23.5 Å². The molecule has 0 saturated carbocycles. The number of benzene rings is 1. The van der Waals surface area contributed by atoms with Gasteiger partial charge in [-0.3, -0.25) is 4.90 Å². The zero-order valence-corrected chi connectivity index (χ0v) is 13.6. The molecule has 0 amide bonds. The van der Waals surface area contributed by atoms with Gasteiger partial charge in [0.25, 0.3) is 0 Å². The average Bonchev–Trinajstić information content (AvgIpc) is 3.03. The lowest BCUT2D eigenvalue weighted by Gasteiger charge is -2.25. The molecule has 0 aliphatic heterocycles. The SMILES string of the molecule is C#CCOCC(O)CN(Cc1ccc(F)cc1)Cc1ccsc1. The molecule has 1 atom stereocenters. The van der Waals surface area contributed by atoms with Crippen LogP contribution in [0.2, 0.25) is 0 Å². The maximum absolute atomic E-state index is 13.0. The Hall–Kier alpha value is -1.71. The Labute approximate surface area is 140 Å². The Morgan fingerprint density at radius 1 is 1.22 bits per heavy atom. The Morgan fingerprint density at radius 2 is 1.96 bits per heavy atom. The topological polar surface area (TPSA) is 32.7 Å². The van der Waals surface area contributed by atoms with Gasteiger partial charge >= 0.3 is 0 Å². The zero-order chi connectivity index (χ0) is 16.5. The maximum atomic E-state index is 13.0. The van der Waals surface area contributed by atoms with Gasteiger partial charge in [-0.2, -0.15) is 11.3 Å². The third kappa shape index (κ3) is 6.51. The van der Waals surface area contributed by atoms with Gasteiger partial charge in [0.1, 0.15) is 12.4 Å². The molecule has 1 aromatic carbocycles. The molecule has 2 aromatic rings. The highest BCUT2D eigenvalue weighted by molar-refractivity contribution is 7.07. The van der Waals surface area contributed by atoms with Gasteiger partial charge in [-0.1, -0.05) is 18.1 Å². The maximum Gasteiger partial charge on any atom is 0.123 e. The molecule has 0 radical (unpaired) electrons. The molecule has 0 aliphatic carbocycles. The van der Waals surface area contributed by atoms with E-state index in [1.807, 2.05) is 5.38 Å². The van der Waals surface area contributed by atoms with Crippen LogP contribution in [0.4, 0.5) is 4.39 Å². The van der Waals surface area contributed by atoms with Crippen molar-refractivity contribution < 1.29 is 14.2 Å². The fraction of sp³-hybridized carbons (Fsp3) is 0.333. The molecule has 122 valence electrons. The second-order valence-electron chi connectivity index (χ2n) is 5.30. The summed E-state index contributed by atoms with van der Waals surface area (Å²) in [5.74, 6) is 2.13. The number of hydrogen-bond donors (Lipinski definition) is 1. The monoisotopic (exact) mass is 333 g/mol. The highest BCUT2D eigenvalue weighted by Crippen LogP contribution is 2.14. The van der Waals surface area contributed by atoms with E-state index in [4.69, 9.17) is 11.2 Å². The first-order chi connectivity index (χ1) is 11.2. The summed E-state index contributed by atoms with van der Waals surface area (Å²) >= 11 is 1.64. The van der Waals surface area contributed by atoms with Gasteiger partial charge in [-0.25, -0.2) is 4.39 Å². The lowest BCUT2D eigenvalue weighted by molar-refractivity contribution is 0.0243. The van der Waals surface area contributed by atoms with Gasteiger partial charge < -0.3 is 9.84 Å². The number of thiophene rings is 1. The number of aliphatic hydroxyl groups excluding tert-OH is 1. The molecule has 23 heavy (non-hydrogen) atoms. The Bertz CT molecular complexity index is 607. The number of halogens is 1. The van der Waals surface area contributed by atoms with Crippen molar-refractivity contribution in [2.45, 2.75) is 19.2 Å². The molecule has 1 heterocycles. The van der Waals surface area contributed by atoms with Gasteiger partial charge in [-0.05, 0) is 40.1 Å². The van der Waals surface area contributed by atoms with E-state index in [-0.39, 0.29) is 19.0 Å². The molecular formula is C18H20FNO2S. The van der Waals surface area contributed by atoms with Gasteiger partial charge in [0.15, 0.2) is 0 Å². The van der Waals surface area contributed by atoms with Crippen LogP contribution in [0.1, 0.15) is 11.1 Å². The zero-order valence-electron chi connectivity index (χ0n) is 12.8. The first-order valence-electron chi connectivity index (χ1n) is 7.34. The molecule has 1 unspecified atom stereocenters. The van der Waals surface area contributed by atoms with Crippen molar-refractivity contribution in [3.8, 4) is 12.3 Å². The quantitative estimate of drug-likeness (QED) is 0.566. The number of hydrogen-bond acceptors (Lipinski definition) is 4. The van der Waals surface area contributed by atoms with Crippen molar-refractivity contribution in [2.75, 3.05) is 19.8 Å². The third-order valence-corrected chi connectivity index (χ3v) is 4.00. The summed E-state index contributed by atoms with van der Waals surface area (Å²) in [6.45, 7) is 2.19. The van der Waals surface area contributed by atoms with Gasteiger partial charge in [0, 0.05) is 19.6 Å². The first-order valence-corrected chi connectivity index (χ1v) is 8.29. The standard InChI is InChI=1S/C18H20FNO2S/c1-2-8-22-13-18(21)12-20(11-16-7-9-23-14-16)10-15-3-5-17(19)6-4-15/h1,3-7,9,14,18,21H,8,10-13H2. The van der Waals surface area contributed by atoms with Crippen molar-refractivity contribution in [1.29, 1.82) is 0 Å². The van der Waals surface area contributed by atoms with Crippen molar-refractivity contribution in [3.63, 3.8) is 0 Å². The van der Waals surface area contributed by atoms with Crippen LogP contribution in [0.3, 0.4) is 0 Å². The fourth-order valence-electron chi connectivity index (χ4n) is 2.28. The summed E-state index contributed by atoms with van der Waals surface area (Å²) in [5.41, 5.74) is 2.19. The van der Waals surface area contributed by atoms with Crippen LogP contribution in [-0.4, -0.2) is 35.9 Å². The van der Waals surface area contributed by atoms with Crippen LogP contribution >= 0.6 is 11.3 Å². The predicted molar refractivity (Wildman–Crippen MR) is 90.5 cm³/mol. The second kappa shape index (κ2) is 9.43. The van der Waals surface area contributed by atoms with Gasteiger partial charge in [0.2, 0.25) is 0 Å². The second-order valence-corrected chi connectivity index (χ2v) is 6.08. The van der Waals surface area contributed by atoms with Crippen LogP contribution in [0, 0.1) is 18.2 Å². The molecule has 5 heteroatoms. The van der Waals surface area contributed by atoms with Crippen molar-refractivity contribution in [3.05, 3.63) is 58.0 Å². The molecule has 0 saturated heterocycles. The minimum Gasteiger partial charge on any atom is -0.389 e. The summed E-state index contributed by atoms with van der Waals surface area (Å²) in [6, 6.07) is 8.48. The largest absolute Gasteiger partial charge is 0.389 e. The van der Waals surface area contributed by atoms with Crippen LogP contribution < -0.4 is 0 Å². The van der Waals surface area contributed by atoms with Crippen LogP contribution in [0.25, 0.3) is 0 Å². The summed E-state index contributed by atoms with van der Waals surface area (Å²) < 4.78 is 18.2. The number of rotatable bonds is 9. The predicted octanol–water partition coefficient (Wildman–Crippen LogP) is 2.90. The van der Waals surface area contributed by atoms with E-state index >= 15 is 0 Å². The molecular weight excluding hydrogens is 313 g/mol. The van der Waals surface area contributed by atoms with Gasteiger partial charge in [0.05, 0.1) is 12.7 Å². The van der Waals surface area contributed by atoms with E-state index < -0.39 is 6.10 Å². The minimum absolute atomic E-state index is 0.194. The molecule has 0 bridgehead atoms. The van der Waals surface area contributed by atoms with Crippen molar-refractivity contribution in [1.82, 2.24) is 4.90 Å². The highest BCUT2D eigenvalue weighted by Gasteiger charge is 2.13. The number of aliphatic hydroxyl groups is 1. The third-order valence-electron chi connectivity index (χ3n) is 3.27. The average molecular weight is 333 g/mol. The highest BCUT2D eigenvalue weighted by atomic mass is 32.1. The summed E-state index contributed by atoms with van der Waals surface area (Å²) in [5, 5.41) is 14.2. The van der Waals surface area contributed by atoms with E-state index in [1.165, 1.54) is 17.7 Å². The molecule has 0 spiro atoms. The Balaban J connectivity index is 1.96.